The SMILES string of the molecule is COCCCNC(=O)c1c(Cl)ccc(S(N)(=O)=O)c1Cl. The van der Waals surface area contributed by atoms with Gasteiger partial charge in [-0.25, -0.2) is 13.6 Å². The Morgan fingerprint density at radius 1 is 1.40 bits per heavy atom. The number of benzene rings is 1. The van der Waals surface area contributed by atoms with E-state index in [2.05, 4.69) is 5.32 Å². The van der Waals surface area contributed by atoms with E-state index in [1.54, 1.807) is 7.11 Å². The minimum absolute atomic E-state index is 0.0478. The summed E-state index contributed by atoms with van der Waals surface area (Å²) in [5, 5.41) is 7.34. The quantitative estimate of drug-likeness (QED) is 0.764. The third kappa shape index (κ3) is 4.32. The van der Waals surface area contributed by atoms with E-state index in [1.165, 1.54) is 6.07 Å². The van der Waals surface area contributed by atoms with Crippen molar-refractivity contribution in [1.29, 1.82) is 0 Å². The van der Waals surface area contributed by atoms with E-state index < -0.39 is 15.9 Å². The Hall–Kier alpha value is -0.860. The zero-order chi connectivity index (χ0) is 15.3. The molecule has 0 aliphatic heterocycles. The fourth-order valence-electron chi connectivity index (χ4n) is 1.47. The molecule has 0 fully saturated rings. The average Bonchev–Trinajstić information content (AvgIpc) is 2.33. The fourth-order valence-corrected chi connectivity index (χ4v) is 2.94. The molecule has 0 radical (unpaired) electrons. The van der Waals surface area contributed by atoms with E-state index >= 15 is 0 Å². The fraction of sp³-hybridized carbons (Fsp3) is 0.364. The summed E-state index contributed by atoms with van der Waals surface area (Å²) in [6.07, 6.45) is 0.604. The highest BCUT2D eigenvalue weighted by molar-refractivity contribution is 7.89. The number of nitrogens with one attached hydrogen (secondary N) is 1. The van der Waals surface area contributed by atoms with E-state index in [0.717, 1.165) is 6.07 Å². The number of primary sulfonamides is 1. The number of hydrogen-bond acceptors (Lipinski definition) is 4. The summed E-state index contributed by atoms with van der Waals surface area (Å²) in [4.78, 5) is 11.6. The maximum atomic E-state index is 12.0. The number of halogens is 2. The van der Waals surface area contributed by atoms with Crippen LogP contribution >= 0.6 is 23.2 Å². The predicted molar refractivity (Wildman–Crippen MR) is 76.7 cm³/mol. The molecule has 0 aliphatic carbocycles. The summed E-state index contributed by atoms with van der Waals surface area (Å²) < 4.78 is 27.5. The molecule has 0 unspecified atom stereocenters. The Bertz CT molecular complexity index is 605. The van der Waals surface area contributed by atoms with Crippen molar-refractivity contribution < 1.29 is 17.9 Å². The number of hydrogen-bond donors (Lipinski definition) is 2. The topological polar surface area (TPSA) is 98.5 Å². The molecule has 112 valence electrons. The Kier molecular flexibility index (Phi) is 6.22. The number of amides is 1. The molecule has 1 aromatic carbocycles. The first-order valence-electron chi connectivity index (χ1n) is 5.57. The third-order valence-corrected chi connectivity index (χ3v) is 4.17. The number of rotatable bonds is 6. The Morgan fingerprint density at radius 3 is 2.60 bits per heavy atom. The van der Waals surface area contributed by atoms with Crippen molar-refractivity contribution in [2.45, 2.75) is 11.3 Å². The second-order valence-electron chi connectivity index (χ2n) is 3.88. The molecule has 0 spiro atoms. The van der Waals surface area contributed by atoms with Gasteiger partial charge in [-0.15, -0.1) is 0 Å². The van der Waals surface area contributed by atoms with Crippen LogP contribution in [0.25, 0.3) is 0 Å². The van der Waals surface area contributed by atoms with Gasteiger partial charge in [-0.2, -0.15) is 0 Å². The molecule has 1 amide bonds. The summed E-state index contributed by atoms with van der Waals surface area (Å²) >= 11 is 11.8. The molecule has 1 aromatic rings. The highest BCUT2D eigenvalue weighted by Crippen LogP contribution is 2.30. The summed E-state index contributed by atoms with van der Waals surface area (Å²) in [5.41, 5.74) is -0.114. The van der Waals surface area contributed by atoms with Gasteiger partial charge in [0.1, 0.15) is 4.90 Å². The Labute approximate surface area is 127 Å². The standard InChI is InChI=1S/C11H14Cl2N2O4S/c1-19-6-2-5-15-11(16)9-7(12)3-4-8(10(9)13)20(14,17)18/h3-4H,2,5-6H2,1H3,(H,15,16)(H2,14,17,18). The molecule has 0 bridgehead atoms. The molecule has 0 aromatic heterocycles. The van der Waals surface area contributed by atoms with Crippen LogP contribution < -0.4 is 10.5 Å². The smallest absolute Gasteiger partial charge is 0.254 e. The molecule has 3 N–H and O–H groups in total. The maximum Gasteiger partial charge on any atom is 0.254 e. The van der Waals surface area contributed by atoms with E-state index in [-0.39, 0.29) is 20.5 Å². The summed E-state index contributed by atoms with van der Waals surface area (Å²) in [5.74, 6) is -0.568. The minimum Gasteiger partial charge on any atom is -0.385 e. The maximum absolute atomic E-state index is 12.0. The minimum atomic E-state index is -4.03. The van der Waals surface area contributed by atoms with Crippen molar-refractivity contribution in [2.75, 3.05) is 20.3 Å². The van der Waals surface area contributed by atoms with Crippen molar-refractivity contribution in [2.24, 2.45) is 5.14 Å². The lowest BCUT2D eigenvalue weighted by Gasteiger charge is -2.10. The molecule has 6 nitrogen and oxygen atoms in total. The second-order valence-corrected chi connectivity index (χ2v) is 6.20. The van der Waals surface area contributed by atoms with Crippen molar-refractivity contribution in [1.82, 2.24) is 5.32 Å². The van der Waals surface area contributed by atoms with Gasteiger partial charge >= 0.3 is 0 Å². The molecule has 9 heteroatoms. The van der Waals surface area contributed by atoms with Crippen LogP contribution in [0.15, 0.2) is 17.0 Å². The largest absolute Gasteiger partial charge is 0.385 e. The molecule has 0 saturated carbocycles. The lowest BCUT2D eigenvalue weighted by molar-refractivity contribution is 0.0948. The monoisotopic (exact) mass is 340 g/mol. The van der Waals surface area contributed by atoms with Gasteiger partial charge in [0.25, 0.3) is 5.91 Å². The van der Waals surface area contributed by atoms with E-state index in [0.29, 0.717) is 19.6 Å². The van der Waals surface area contributed by atoms with Crippen LogP contribution in [0.2, 0.25) is 10.0 Å². The van der Waals surface area contributed by atoms with Gasteiger partial charge < -0.3 is 10.1 Å². The third-order valence-electron chi connectivity index (χ3n) is 2.40. The molecule has 20 heavy (non-hydrogen) atoms. The zero-order valence-corrected chi connectivity index (χ0v) is 13.0. The van der Waals surface area contributed by atoms with E-state index in [4.69, 9.17) is 33.1 Å². The van der Waals surface area contributed by atoms with Gasteiger partial charge in [-0.1, -0.05) is 23.2 Å². The summed E-state index contributed by atoms with van der Waals surface area (Å²) in [6.45, 7) is 0.831. The van der Waals surface area contributed by atoms with Gasteiger partial charge in [-0.3, -0.25) is 4.79 Å². The highest BCUT2D eigenvalue weighted by atomic mass is 35.5. The van der Waals surface area contributed by atoms with Crippen molar-refractivity contribution in [3.05, 3.63) is 27.7 Å². The van der Waals surface area contributed by atoms with Crippen LogP contribution in [0.4, 0.5) is 0 Å². The summed E-state index contributed by atoms with van der Waals surface area (Å²) in [7, 11) is -2.48. The van der Waals surface area contributed by atoms with Crippen molar-refractivity contribution in [3.8, 4) is 0 Å². The predicted octanol–water partition coefficient (Wildman–Crippen LogP) is 1.41. The number of carbonyl (C=O) groups is 1. The van der Waals surface area contributed by atoms with Gasteiger partial charge in [0.2, 0.25) is 10.0 Å². The zero-order valence-electron chi connectivity index (χ0n) is 10.7. The van der Waals surface area contributed by atoms with Gasteiger partial charge in [0, 0.05) is 20.3 Å². The molecular weight excluding hydrogens is 327 g/mol. The number of sulfonamides is 1. The van der Waals surface area contributed by atoms with Crippen LogP contribution in [-0.4, -0.2) is 34.6 Å². The van der Waals surface area contributed by atoms with E-state index in [1.807, 2.05) is 0 Å². The molecule has 0 saturated heterocycles. The number of ether oxygens (including phenoxy) is 1. The normalized spacial score (nSPS) is 11.4. The number of carbonyl (C=O) groups excluding carboxylic acids is 1. The second kappa shape index (κ2) is 7.24. The van der Waals surface area contributed by atoms with Crippen LogP contribution in [0.3, 0.4) is 0 Å². The average molecular weight is 341 g/mol. The van der Waals surface area contributed by atoms with Gasteiger partial charge in [0.15, 0.2) is 0 Å². The first-order chi connectivity index (χ1) is 9.29. The highest BCUT2D eigenvalue weighted by Gasteiger charge is 2.22. The Balaban J connectivity index is 3.03. The van der Waals surface area contributed by atoms with Crippen LogP contribution in [0, 0.1) is 0 Å². The van der Waals surface area contributed by atoms with Gasteiger partial charge in [-0.05, 0) is 18.6 Å². The first-order valence-corrected chi connectivity index (χ1v) is 7.87. The van der Waals surface area contributed by atoms with Crippen LogP contribution in [0.5, 0.6) is 0 Å². The molecular formula is C11H14Cl2N2O4S. The van der Waals surface area contributed by atoms with Crippen molar-refractivity contribution >= 4 is 39.1 Å². The molecule has 0 aliphatic rings. The lowest BCUT2D eigenvalue weighted by atomic mass is 10.2. The first kappa shape index (κ1) is 17.2. The van der Waals surface area contributed by atoms with E-state index in [9.17, 15) is 13.2 Å². The van der Waals surface area contributed by atoms with Crippen molar-refractivity contribution in [3.63, 3.8) is 0 Å². The number of nitrogens with two attached hydrogens (primary N) is 1. The van der Waals surface area contributed by atoms with Gasteiger partial charge in [0.05, 0.1) is 15.6 Å². The van der Waals surface area contributed by atoms with Crippen LogP contribution in [0.1, 0.15) is 16.8 Å². The summed E-state index contributed by atoms with van der Waals surface area (Å²) in [6, 6.07) is 2.42. The lowest BCUT2D eigenvalue weighted by Crippen LogP contribution is -2.26. The Morgan fingerprint density at radius 2 is 2.05 bits per heavy atom. The molecule has 0 heterocycles. The van der Waals surface area contributed by atoms with Crippen LogP contribution in [-0.2, 0) is 14.8 Å². The molecule has 1 rings (SSSR count). The number of methoxy groups -OCH3 is 1. The molecule has 0 atom stereocenters.